The van der Waals surface area contributed by atoms with Crippen molar-refractivity contribution in [2.24, 2.45) is 5.92 Å². The molecule has 4 rings (SSSR count). The van der Waals surface area contributed by atoms with E-state index in [1.54, 1.807) is 11.3 Å². The fraction of sp³-hybridized carbons (Fsp3) is 0.500. The number of carbonyl (C=O) groups is 1. The fourth-order valence-corrected chi connectivity index (χ4v) is 5.13. The Balaban J connectivity index is 1.70. The Hall–Kier alpha value is -1.59. The minimum Gasteiger partial charge on any atom is -0.393 e. The number of likely N-dealkylation sites (tertiary alicyclic amines) is 1. The van der Waals surface area contributed by atoms with Crippen molar-refractivity contribution in [1.82, 2.24) is 9.47 Å². The summed E-state index contributed by atoms with van der Waals surface area (Å²) in [6.07, 6.45) is 7.85. The normalized spacial score (nSPS) is 21.7. The van der Waals surface area contributed by atoms with Crippen molar-refractivity contribution in [2.45, 2.75) is 38.7 Å². The predicted molar refractivity (Wildman–Crippen MR) is 91.4 cm³/mol. The van der Waals surface area contributed by atoms with E-state index in [2.05, 4.69) is 4.57 Å². The smallest absolute Gasteiger partial charge is 0.257 e. The van der Waals surface area contributed by atoms with Gasteiger partial charge >= 0.3 is 0 Å². The molecular formula is C18H22N2O2S. The summed E-state index contributed by atoms with van der Waals surface area (Å²) in [7, 11) is 0. The second kappa shape index (κ2) is 5.80. The van der Waals surface area contributed by atoms with Gasteiger partial charge in [-0.3, -0.25) is 4.79 Å². The summed E-state index contributed by atoms with van der Waals surface area (Å²) in [6, 6.07) is 4.00. The van der Waals surface area contributed by atoms with Crippen molar-refractivity contribution in [2.75, 3.05) is 13.1 Å². The van der Waals surface area contributed by atoms with E-state index in [0.717, 1.165) is 42.8 Å². The number of amides is 1. The van der Waals surface area contributed by atoms with Crippen LogP contribution in [0.25, 0.3) is 5.00 Å². The Kier molecular flexibility index (Phi) is 3.77. The van der Waals surface area contributed by atoms with Crippen molar-refractivity contribution in [3.05, 3.63) is 40.5 Å². The highest BCUT2D eigenvalue weighted by molar-refractivity contribution is 7.15. The molecule has 0 aromatic carbocycles. The number of thiophene rings is 1. The number of rotatable bonds is 3. The minimum absolute atomic E-state index is 0.149. The second-order valence-corrected chi connectivity index (χ2v) is 7.75. The summed E-state index contributed by atoms with van der Waals surface area (Å²) >= 11 is 1.77. The van der Waals surface area contributed by atoms with Crippen molar-refractivity contribution in [1.29, 1.82) is 0 Å². The van der Waals surface area contributed by atoms with Crippen LogP contribution < -0.4 is 0 Å². The van der Waals surface area contributed by atoms with E-state index >= 15 is 0 Å². The lowest BCUT2D eigenvalue weighted by atomic mass is 10.0. The molecule has 2 aromatic heterocycles. The van der Waals surface area contributed by atoms with Gasteiger partial charge in [0, 0.05) is 36.3 Å². The number of aryl methyl sites for hydroxylation is 1. The van der Waals surface area contributed by atoms with Gasteiger partial charge in [-0.1, -0.05) is 0 Å². The van der Waals surface area contributed by atoms with Crippen LogP contribution in [-0.4, -0.2) is 39.7 Å². The quantitative estimate of drug-likeness (QED) is 0.940. The molecule has 1 N–H and O–H groups in total. The van der Waals surface area contributed by atoms with Crippen LogP contribution in [-0.2, 0) is 12.8 Å². The molecule has 2 atom stereocenters. The van der Waals surface area contributed by atoms with E-state index in [0.29, 0.717) is 6.54 Å². The molecule has 4 nitrogen and oxygen atoms in total. The lowest BCUT2D eigenvalue weighted by Gasteiger charge is -2.19. The molecule has 0 bridgehead atoms. The zero-order valence-corrected chi connectivity index (χ0v) is 14.2. The van der Waals surface area contributed by atoms with E-state index in [9.17, 15) is 9.90 Å². The van der Waals surface area contributed by atoms with Crippen LogP contribution in [0.3, 0.4) is 0 Å². The molecule has 1 aliphatic heterocycles. The SMILES string of the molecule is CC(O)C1CCN(C(=O)c2c(-n3cccc3)sc3c2CCC3)C1. The van der Waals surface area contributed by atoms with Crippen molar-refractivity contribution in [3.8, 4) is 5.00 Å². The molecule has 122 valence electrons. The number of hydrogen-bond donors (Lipinski definition) is 1. The third-order valence-electron chi connectivity index (χ3n) is 5.15. The van der Waals surface area contributed by atoms with E-state index in [1.807, 2.05) is 36.4 Å². The molecule has 1 fully saturated rings. The van der Waals surface area contributed by atoms with Crippen LogP contribution in [0.5, 0.6) is 0 Å². The van der Waals surface area contributed by atoms with Crippen LogP contribution in [0.15, 0.2) is 24.5 Å². The Morgan fingerprint density at radius 3 is 2.83 bits per heavy atom. The number of aromatic nitrogens is 1. The Bertz CT molecular complexity index is 718. The number of aliphatic hydroxyl groups excluding tert-OH is 1. The first-order chi connectivity index (χ1) is 11.1. The Labute approximate surface area is 140 Å². The zero-order valence-electron chi connectivity index (χ0n) is 13.4. The van der Waals surface area contributed by atoms with Crippen LogP contribution in [0.2, 0.25) is 0 Å². The van der Waals surface area contributed by atoms with Crippen molar-refractivity contribution >= 4 is 17.2 Å². The number of nitrogens with zero attached hydrogens (tertiary/aromatic N) is 2. The fourth-order valence-electron chi connectivity index (χ4n) is 3.79. The Morgan fingerprint density at radius 2 is 2.13 bits per heavy atom. The first kappa shape index (κ1) is 15.0. The van der Waals surface area contributed by atoms with Gasteiger partial charge in [0.15, 0.2) is 0 Å². The highest BCUT2D eigenvalue weighted by Gasteiger charge is 2.34. The van der Waals surface area contributed by atoms with Gasteiger partial charge in [0.1, 0.15) is 5.00 Å². The highest BCUT2D eigenvalue weighted by atomic mass is 32.1. The summed E-state index contributed by atoms with van der Waals surface area (Å²) in [5, 5.41) is 10.9. The minimum atomic E-state index is -0.343. The molecule has 3 heterocycles. The van der Waals surface area contributed by atoms with Crippen LogP contribution >= 0.6 is 11.3 Å². The monoisotopic (exact) mass is 330 g/mol. The number of aliphatic hydroxyl groups is 1. The molecule has 2 unspecified atom stereocenters. The molecule has 1 amide bonds. The van der Waals surface area contributed by atoms with Gasteiger partial charge < -0.3 is 14.6 Å². The first-order valence-corrected chi connectivity index (χ1v) is 9.22. The molecule has 1 aliphatic carbocycles. The van der Waals surface area contributed by atoms with Crippen molar-refractivity contribution in [3.63, 3.8) is 0 Å². The molecule has 1 saturated heterocycles. The van der Waals surface area contributed by atoms with Crippen LogP contribution in [0, 0.1) is 5.92 Å². The Morgan fingerprint density at radius 1 is 1.35 bits per heavy atom. The largest absolute Gasteiger partial charge is 0.393 e. The summed E-state index contributed by atoms with van der Waals surface area (Å²) in [5.41, 5.74) is 2.18. The molecule has 0 radical (unpaired) electrons. The highest BCUT2D eigenvalue weighted by Crippen LogP contribution is 2.39. The van der Waals surface area contributed by atoms with Gasteiger partial charge in [0.25, 0.3) is 5.91 Å². The van der Waals surface area contributed by atoms with Gasteiger partial charge in [-0.05, 0) is 50.3 Å². The lowest BCUT2D eigenvalue weighted by molar-refractivity contribution is 0.0762. The predicted octanol–water partition coefficient (Wildman–Crippen LogP) is 2.87. The van der Waals surface area contributed by atoms with Gasteiger partial charge in [-0.25, -0.2) is 0 Å². The van der Waals surface area contributed by atoms with Gasteiger partial charge in [-0.15, -0.1) is 11.3 Å². The number of carbonyl (C=O) groups excluding carboxylic acids is 1. The van der Waals surface area contributed by atoms with Gasteiger partial charge in [0.05, 0.1) is 11.7 Å². The second-order valence-electron chi connectivity index (χ2n) is 6.67. The van der Waals surface area contributed by atoms with Gasteiger partial charge in [0.2, 0.25) is 0 Å². The average molecular weight is 330 g/mol. The maximum absolute atomic E-state index is 13.2. The third-order valence-corrected chi connectivity index (χ3v) is 6.45. The molecule has 23 heavy (non-hydrogen) atoms. The summed E-state index contributed by atoms with van der Waals surface area (Å²) in [5.74, 6) is 0.358. The molecule has 2 aromatic rings. The first-order valence-electron chi connectivity index (χ1n) is 8.40. The maximum atomic E-state index is 13.2. The number of hydrogen-bond acceptors (Lipinski definition) is 3. The summed E-state index contributed by atoms with van der Waals surface area (Å²) in [4.78, 5) is 16.5. The molecule has 0 spiro atoms. The summed E-state index contributed by atoms with van der Waals surface area (Å²) in [6.45, 7) is 3.25. The summed E-state index contributed by atoms with van der Waals surface area (Å²) < 4.78 is 2.07. The van der Waals surface area contributed by atoms with E-state index in [4.69, 9.17) is 0 Å². The molecule has 5 heteroatoms. The molecular weight excluding hydrogens is 308 g/mol. The molecule has 2 aliphatic rings. The van der Waals surface area contributed by atoms with E-state index in [1.165, 1.54) is 10.4 Å². The topological polar surface area (TPSA) is 45.5 Å². The zero-order chi connectivity index (χ0) is 16.0. The average Bonchev–Trinajstić information content (AvgIpc) is 3.27. The van der Waals surface area contributed by atoms with E-state index < -0.39 is 0 Å². The third kappa shape index (κ3) is 2.52. The standard InChI is InChI=1S/C18H22N2O2S/c1-12(21)13-7-10-20(11-13)17(22)16-14-5-4-6-15(14)23-18(16)19-8-2-3-9-19/h2-3,8-9,12-13,21H,4-7,10-11H2,1H3. The van der Waals surface area contributed by atoms with Crippen molar-refractivity contribution < 1.29 is 9.90 Å². The maximum Gasteiger partial charge on any atom is 0.257 e. The number of fused-ring (bicyclic) bond motifs is 1. The van der Waals surface area contributed by atoms with Gasteiger partial charge in [-0.2, -0.15) is 0 Å². The van der Waals surface area contributed by atoms with Crippen LogP contribution in [0.1, 0.15) is 40.6 Å². The molecule has 0 saturated carbocycles. The lowest BCUT2D eigenvalue weighted by Crippen LogP contribution is -2.31. The van der Waals surface area contributed by atoms with E-state index in [-0.39, 0.29) is 17.9 Å². The van der Waals surface area contributed by atoms with Crippen LogP contribution in [0.4, 0.5) is 0 Å².